The predicted octanol–water partition coefficient (Wildman–Crippen LogP) is 3.74. The Morgan fingerprint density at radius 3 is 2.24 bits per heavy atom. The van der Waals surface area contributed by atoms with Crippen molar-refractivity contribution in [1.29, 1.82) is 0 Å². The minimum absolute atomic E-state index is 0.124. The Labute approximate surface area is 148 Å². The van der Waals surface area contributed by atoms with Crippen molar-refractivity contribution in [2.75, 3.05) is 14.2 Å². The molecular weight excluding hydrogens is 318 g/mol. The number of rotatable bonds is 8. The first-order valence-electron chi connectivity index (χ1n) is 8.32. The van der Waals surface area contributed by atoms with E-state index in [1.54, 1.807) is 20.3 Å². The Morgan fingerprint density at radius 1 is 1.00 bits per heavy atom. The Morgan fingerprint density at radius 2 is 1.64 bits per heavy atom. The number of amides is 1. The molecule has 134 valence electrons. The standard InChI is InChI=1S/C20H25NO4/c1-5-19(25-18-8-6-7-17(13-18)24-4)20(22)21-14(2)15-9-11-16(23-3)12-10-15/h6-14,19H,5H2,1-4H3,(H,21,22). The molecule has 1 amide bonds. The van der Waals surface area contributed by atoms with Crippen molar-refractivity contribution >= 4 is 5.91 Å². The van der Waals surface area contributed by atoms with E-state index in [1.165, 1.54) is 0 Å². The van der Waals surface area contributed by atoms with Gasteiger partial charge in [0.05, 0.1) is 20.3 Å². The summed E-state index contributed by atoms with van der Waals surface area (Å²) in [5, 5.41) is 3.00. The molecular formula is C20H25NO4. The van der Waals surface area contributed by atoms with Crippen LogP contribution in [0.2, 0.25) is 0 Å². The van der Waals surface area contributed by atoms with Crippen LogP contribution in [0.3, 0.4) is 0 Å². The highest BCUT2D eigenvalue weighted by molar-refractivity contribution is 5.81. The van der Waals surface area contributed by atoms with Gasteiger partial charge < -0.3 is 19.5 Å². The molecule has 0 aromatic heterocycles. The fourth-order valence-corrected chi connectivity index (χ4v) is 2.44. The smallest absolute Gasteiger partial charge is 0.261 e. The summed E-state index contributed by atoms with van der Waals surface area (Å²) in [6, 6.07) is 14.7. The number of hydrogen-bond donors (Lipinski definition) is 1. The molecule has 2 unspecified atom stereocenters. The van der Waals surface area contributed by atoms with Gasteiger partial charge in [-0.15, -0.1) is 0 Å². The van der Waals surface area contributed by atoms with Crippen LogP contribution in [0.1, 0.15) is 31.9 Å². The van der Waals surface area contributed by atoms with E-state index < -0.39 is 6.10 Å². The van der Waals surface area contributed by atoms with E-state index in [0.29, 0.717) is 17.9 Å². The number of nitrogens with one attached hydrogen (secondary N) is 1. The highest BCUT2D eigenvalue weighted by Gasteiger charge is 2.21. The van der Waals surface area contributed by atoms with Crippen molar-refractivity contribution < 1.29 is 19.0 Å². The van der Waals surface area contributed by atoms with Gasteiger partial charge in [-0.2, -0.15) is 0 Å². The van der Waals surface area contributed by atoms with Gasteiger partial charge >= 0.3 is 0 Å². The van der Waals surface area contributed by atoms with Crippen molar-refractivity contribution in [2.45, 2.75) is 32.4 Å². The van der Waals surface area contributed by atoms with Crippen LogP contribution >= 0.6 is 0 Å². The average Bonchev–Trinajstić information content (AvgIpc) is 2.66. The van der Waals surface area contributed by atoms with Crippen LogP contribution < -0.4 is 19.5 Å². The fraction of sp³-hybridized carbons (Fsp3) is 0.350. The van der Waals surface area contributed by atoms with Gasteiger partial charge in [-0.1, -0.05) is 25.1 Å². The molecule has 2 atom stereocenters. The van der Waals surface area contributed by atoms with Gasteiger partial charge in [0.2, 0.25) is 0 Å². The summed E-state index contributed by atoms with van der Waals surface area (Å²) < 4.78 is 16.2. The number of carbonyl (C=O) groups is 1. The molecule has 5 heteroatoms. The lowest BCUT2D eigenvalue weighted by Crippen LogP contribution is -2.39. The minimum atomic E-state index is -0.562. The maximum Gasteiger partial charge on any atom is 0.261 e. The molecule has 2 aromatic rings. The minimum Gasteiger partial charge on any atom is -0.497 e. The zero-order chi connectivity index (χ0) is 18.2. The summed E-state index contributed by atoms with van der Waals surface area (Å²) in [4.78, 5) is 12.5. The van der Waals surface area contributed by atoms with E-state index in [9.17, 15) is 4.79 Å². The van der Waals surface area contributed by atoms with Crippen LogP contribution in [0.25, 0.3) is 0 Å². The molecule has 0 radical (unpaired) electrons. The Bertz CT molecular complexity index is 684. The third-order valence-corrected chi connectivity index (χ3v) is 3.96. The SMILES string of the molecule is CCC(Oc1cccc(OC)c1)C(=O)NC(C)c1ccc(OC)cc1. The number of carbonyl (C=O) groups excluding carboxylic acids is 1. The van der Waals surface area contributed by atoms with Crippen LogP contribution in [0, 0.1) is 0 Å². The lowest BCUT2D eigenvalue weighted by atomic mass is 10.1. The number of benzene rings is 2. The van der Waals surface area contributed by atoms with Crippen LogP contribution in [0.15, 0.2) is 48.5 Å². The van der Waals surface area contributed by atoms with Crippen molar-refractivity contribution in [2.24, 2.45) is 0 Å². The number of hydrogen-bond acceptors (Lipinski definition) is 4. The summed E-state index contributed by atoms with van der Waals surface area (Å²) in [5.74, 6) is 1.95. The lowest BCUT2D eigenvalue weighted by Gasteiger charge is -2.21. The molecule has 2 rings (SSSR count). The number of ether oxygens (including phenoxy) is 3. The molecule has 0 bridgehead atoms. The molecule has 0 spiro atoms. The van der Waals surface area contributed by atoms with Gasteiger partial charge in [-0.05, 0) is 43.2 Å². The largest absolute Gasteiger partial charge is 0.497 e. The molecule has 0 saturated carbocycles. The monoisotopic (exact) mass is 343 g/mol. The van der Waals surface area contributed by atoms with Crippen molar-refractivity contribution in [3.05, 3.63) is 54.1 Å². The topological polar surface area (TPSA) is 56.8 Å². The number of methoxy groups -OCH3 is 2. The molecule has 0 aliphatic rings. The molecule has 2 aromatic carbocycles. The van der Waals surface area contributed by atoms with E-state index in [-0.39, 0.29) is 11.9 Å². The van der Waals surface area contributed by atoms with E-state index in [2.05, 4.69) is 5.32 Å². The van der Waals surface area contributed by atoms with Crippen LogP contribution in [0.5, 0.6) is 17.2 Å². The van der Waals surface area contributed by atoms with Crippen molar-refractivity contribution in [1.82, 2.24) is 5.32 Å². The van der Waals surface area contributed by atoms with E-state index in [0.717, 1.165) is 11.3 Å². The van der Waals surface area contributed by atoms with E-state index >= 15 is 0 Å². The maximum atomic E-state index is 12.5. The molecule has 1 N–H and O–H groups in total. The molecule has 0 heterocycles. The van der Waals surface area contributed by atoms with Gasteiger partial charge in [-0.25, -0.2) is 0 Å². The first kappa shape index (κ1) is 18.6. The van der Waals surface area contributed by atoms with Crippen LogP contribution in [0.4, 0.5) is 0 Å². The summed E-state index contributed by atoms with van der Waals surface area (Å²) in [6.07, 6.45) is 0.00561. The second-order valence-corrected chi connectivity index (χ2v) is 5.70. The highest BCUT2D eigenvalue weighted by Crippen LogP contribution is 2.21. The summed E-state index contributed by atoms with van der Waals surface area (Å²) in [6.45, 7) is 3.86. The van der Waals surface area contributed by atoms with Crippen LogP contribution in [-0.2, 0) is 4.79 Å². The lowest BCUT2D eigenvalue weighted by molar-refractivity contribution is -0.128. The molecule has 0 aliphatic heterocycles. The first-order valence-corrected chi connectivity index (χ1v) is 8.32. The van der Waals surface area contributed by atoms with Gasteiger partial charge in [0.15, 0.2) is 6.10 Å². The Hall–Kier alpha value is -2.69. The summed E-state index contributed by atoms with van der Waals surface area (Å²) in [7, 11) is 3.22. The maximum absolute atomic E-state index is 12.5. The molecule has 25 heavy (non-hydrogen) atoms. The second kappa shape index (κ2) is 8.97. The Kier molecular flexibility index (Phi) is 6.69. The average molecular weight is 343 g/mol. The highest BCUT2D eigenvalue weighted by atomic mass is 16.5. The zero-order valence-electron chi connectivity index (χ0n) is 15.1. The predicted molar refractivity (Wildman–Crippen MR) is 97.3 cm³/mol. The molecule has 0 saturated heterocycles. The second-order valence-electron chi connectivity index (χ2n) is 5.70. The Balaban J connectivity index is 2.00. The van der Waals surface area contributed by atoms with Gasteiger partial charge in [-0.3, -0.25) is 4.79 Å². The zero-order valence-corrected chi connectivity index (χ0v) is 15.1. The third-order valence-electron chi connectivity index (χ3n) is 3.96. The van der Waals surface area contributed by atoms with Crippen LogP contribution in [-0.4, -0.2) is 26.2 Å². The van der Waals surface area contributed by atoms with Gasteiger partial charge in [0.1, 0.15) is 17.2 Å². The van der Waals surface area contributed by atoms with E-state index in [1.807, 2.05) is 56.3 Å². The summed E-state index contributed by atoms with van der Waals surface area (Å²) >= 11 is 0. The van der Waals surface area contributed by atoms with Gasteiger partial charge in [0, 0.05) is 6.07 Å². The first-order chi connectivity index (χ1) is 12.1. The third kappa shape index (κ3) is 5.14. The normalized spacial score (nSPS) is 12.8. The molecule has 0 aliphatic carbocycles. The van der Waals surface area contributed by atoms with Crippen molar-refractivity contribution in [3.63, 3.8) is 0 Å². The van der Waals surface area contributed by atoms with Crippen molar-refractivity contribution in [3.8, 4) is 17.2 Å². The summed E-state index contributed by atoms with van der Waals surface area (Å²) in [5.41, 5.74) is 1.00. The molecule has 0 fully saturated rings. The fourth-order valence-electron chi connectivity index (χ4n) is 2.44. The van der Waals surface area contributed by atoms with Gasteiger partial charge in [0.25, 0.3) is 5.91 Å². The molecule has 5 nitrogen and oxygen atoms in total. The quantitative estimate of drug-likeness (QED) is 0.793. The van der Waals surface area contributed by atoms with E-state index in [4.69, 9.17) is 14.2 Å².